The van der Waals surface area contributed by atoms with Crippen LogP contribution in [-0.2, 0) is 4.74 Å². The number of phenols is 1. The second-order valence-electron chi connectivity index (χ2n) is 7.66. The van der Waals surface area contributed by atoms with E-state index in [4.69, 9.17) is 9.72 Å². The highest BCUT2D eigenvalue weighted by Gasteiger charge is 2.12. The first kappa shape index (κ1) is 20.9. The van der Waals surface area contributed by atoms with E-state index in [1.807, 2.05) is 51.1 Å². The van der Waals surface area contributed by atoms with Crippen molar-refractivity contribution in [1.82, 2.24) is 4.98 Å². The van der Waals surface area contributed by atoms with Gasteiger partial charge in [-0.25, -0.2) is 4.98 Å². The fourth-order valence-electron chi connectivity index (χ4n) is 3.27. The predicted octanol–water partition coefficient (Wildman–Crippen LogP) is 5.97. The molecule has 0 bridgehead atoms. The van der Waals surface area contributed by atoms with E-state index in [9.17, 15) is 5.11 Å². The van der Waals surface area contributed by atoms with Crippen molar-refractivity contribution < 1.29 is 9.84 Å². The van der Waals surface area contributed by atoms with Crippen LogP contribution in [0.4, 0.5) is 5.82 Å². The van der Waals surface area contributed by atoms with Crippen molar-refractivity contribution in [3.8, 4) is 28.1 Å². The van der Waals surface area contributed by atoms with E-state index in [0.717, 1.165) is 46.7 Å². The number of hydrogen-bond acceptors (Lipinski definition) is 4. The Morgan fingerprint density at radius 3 is 2.55 bits per heavy atom. The molecule has 3 aromatic rings. The van der Waals surface area contributed by atoms with E-state index in [1.54, 1.807) is 6.07 Å². The molecule has 0 atom stereocenters. The van der Waals surface area contributed by atoms with Crippen LogP contribution in [0.5, 0.6) is 5.75 Å². The van der Waals surface area contributed by atoms with Gasteiger partial charge in [-0.2, -0.15) is 0 Å². The van der Waals surface area contributed by atoms with Gasteiger partial charge in [-0.3, -0.25) is 0 Å². The lowest BCUT2D eigenvalue weighted by Gasteiger charge is -2.14. The van der Waals surface area contributed by atoms with Gasteiger partial charge in [0.1, 0.15) is 11.6 Å². The number of aromatic nitrogens is 1. The molecule has 1 aromatic heterocycles. The predicted molar refractivity (Wildman–Crippen MR) is 120 cm³/mol. The number of pyridine rings is 1. The summed E-state index contributed by atoms with van der Waals surface area (Å²) in [4.78, 5) is 4.78. The highest BCUT2D eigenvalue weighted by molar-refractivity contribution is 5.77. The zero-order valence-corrected chi connectivity index (χ0v) is 17.7. The van der Waals surface area contributed by atoms with Gasteiger partial charge in [-0.15, -0.1) is 0 Å². The summed E-state index contributed by atoms with van der Waals surface area (Å²) in [5, 5.41) is 13.8. The van der Waals surface area contributed by atoms with E-state index in [-0.39, 0.29) is 11.9 Å². The fraction of sp³-hybridized carbons (Fsp3) is 0.320. The largest absolute Gasteiger partial charge is 0.507 e. The number of anilines is 1. The van der Waals surface area contributed by atoms with Crippen molar-refractivity contribution in [1.29, 1.82) is 0 Å². The number of rotatable bonds is 8. The molecule has 0 saturated carbocycles. The molecule has 0 aliphatic heterocycles. The maximum Gasteiger partial charge on any atom is 0.127 e. The minimum atomic E-state index is 0.237. The Hall–Kier alpha value is -2.85. The Kier molecular flexibility index (Phi) is 6.89. The third-order valence-electron chi connectivity index (χ3n) is 4.79. The molecule has 1 heterocycles. The topological polar surface area (TPSA) is 54.4 Å². The summed E-state index contributed by atoms with van der Waals surface area (Å²) in [5.41, 5.74) is 6.03. The minimum absolute atomic E-state index is 0.237. The number of nitrogens with one attached hydrogen (secondary N) is 1. The molecule has 0 aliphatic carbocycles. The lowest BCUT2D eigenvalue weighted by molar-refractivity contribution is 0.0787. The quantitative estimate of drug-likeness (QED) is 0.466. The van der Waals surface area contributed by atoms with Crippen LogP contribution in [0.3, 0.4) is 0 Å². The average Bonchev–Trinajstić information content (AvgIpc) is 2.69. The van der Waals surface area contributed by atoms with E-state index in [0.29, 0.717) is 6.61 Å². The number of phenolic OH excluding ortho intramolecular Hbond substituents is 1. The standard InChI is InChI=1S/C25H30N2O2/c1-17(2)29-13-7-12-26-25-16-20(21-9-6-5-8-19(21)4)15-23(27-25)22-14-18(3)10-11-24(22)28/h5-6,8-11,14-17,28H,7,12-13H2,1-4H3,(H,26,27). The molecule has 2 N–H and O–H groups in total. The Morgan fingerprint density at radius 2 is 1.79 bits per heavy atom. The van der Waals surface area contributed by atoms with Crippen LogP contribution in [0.2, 0.25) is 0 Å². The molecule has 0 radical (unpaired) electrons. The first-order valence-electron chi connectivity index (χ1n) is 10.2. The van der Waals surface area contributed by atoms with Crippen LogP contribution in [0.25, 0.3) is 22.4 Å². The number of ether oxygens (including phenoxy) is 1. The molecule has 0 unspecified atom stereocenters. The summed E-state index contributed by atoms with van der Waals surface area (Å²) >= 11 is 0. The minimum Gasteiger partial charge on any atom is -0.507 e. The Labute approximate surface area is 173 Å². The highest BCUT2D eigenvalue weighted by Crippen LogP contribution is 2.34. The third-order valence-corrected chi connectivity index (χ3v) is 4.79. The van der Waals surface area contributed by atoms with Gasteiger partial charge in [0.25, 0.3) is 0 Å². The first-order valence-corrected chi connectivity index (χ1v) is 10.2. The van der Waals surface area contributed by atoms with Crippen molar-refractivity contribution in [2.45, 2.75) is 40.2 Å². The molecule has 3 rings (SSSR count). The molecule has 0 amide bonds. The molecule has 29 heavy (non-hydrogen) atoms. The van der Waals surface area contributed by atoms with Gasteiger partial charge in [0.2, 0.25) is 0 Å². The Balaban J connectivity index is 1.94. The fourth-order valence-corrected chi connectivity index (χ4v) is 3.27. The molecule has 4 nitrogen and oxygen atoms in total. The summed E-state index contributed by atoms with van der Waals surface area (Å²) < 4.78 is 5.62. The summed E-state index contributed by atoms with van der Waals surface area (Å²) in [6.07, 6.45) is 1.15. The van der Waals surface area contributed by atoms with E-state index >= 15 is 0 Å². The molecule has 152 valence electrons. The van der Waals surface area contributed by atoms with Crippen molar-refractivity contribution in [2.24, 2.45) is 0 Å². The molecule has 4 heteroatoms. The SMILES string of the molecule is Cc1ccc(O)c(-c2cc(-c3ccccc3C)cc(NCCCOC(C)C)n2)c1. The summed E-state index contributed by atoms with van der Waals surface area (Å²) in [6.45, 7) is 9.70. The second-order valence-corrected chi connectivity index (χ2v) is 7.66. The van der Waals surface area contributed by atoms with Gasteiger partial charge in [0.05, 0.1) is 11.8 Å². The number of aromatic hydroxyl groups is 1. The number of nitrogens with zero attached hydrogens (tertiary/aromatic N) is 1. The molecular weight excluding hydrogens is 360 g/mol. The highest BCUT2D eigenvalue weighted by atomic mass is 16.5. The van der Waals surface area contributed by atoms with E-state index < -0.39 is 0 Å². The normalized spacial score (nSPS) is 11.1. The third kappa shape index (κ3) is 5.58. The van der Waals surface area contributed by atoms with E-state index in [2.05, 4.69) is 30.4 Å². The maximum atomic E-state index is 10.4. The van der Waals surface area contributed by atoms with Gasteiger partial charge < -0.3 is 15.2 Å². The lowest BCUT2D eigenvalue weighted by atomic mass is 9.98. The zero-order valence-electron chi connectivity index (χ0n) is 17.7. The van der Waals surface area contributed by atoms with Gasteiger partial charge in [-0.05, 0) is 75.1 Å². The van der Waals surface area contributed by atoms with Crippen LogP contribution in [-0.4, -0.2) is 29.3 Å². The summed E-state index contributed by atoms with van der Waals surface area (Å²) in [7, 11) is 0. The van der Waals surface area contributed by atoms with Crippen molar-refractivity contribution >= 4 is 5.82 Å². The van der Waals surface area contributed by atoms with Crippen LogP contribution >= 0.6 is 0 Å². The van der Waals surface area contributed by atoms with Gasteiger partial charge in [0, 0.05) is 18.7 Å². The monoisotopic (exact) mass is 390 g/mol. The number of hydrogen-bond donors (Lipinski definition) is 2. The van der Waals surface area contributed by atoms with Crippen LogP contribution < -0.4 is 5.32 Å². The van der Waals surface area contributed by atoms with E-state index in [1.165, 1.54) is 5.56 Å². The van der Waals surface area contributed by atoms with Crippen LogP contribution in [0.1, 0.15) is 31.4 Å². The zero-order chi connectivity index (χ0) is 20.8. The second kappa shape index (κ2) is 9.57. The van der Waals surface area contributed by atoms with Gasteiger partial charge in [-0.1, -0.05) is 35.9 Å². The lowest BCUT2D eigenvalue weighted by Crippen LogP contribution is -2.10. The Bertz CT molecular complexity index is 967. The van der Waals surface area contributed by atoms with Gasteiger partial charge in [0.15, 0.2) is 0 Å². The summed E-state index contributed by atoms with van der Waals surface area (Å²) in [5.74, 6) is 1.03. The van der Waals surface area contributed by atoms with Crippen molar-refractivity contribution in [3.05, 3.63) is 65.7 Å². The number of benzene rings is 2. The molecule has 0 fully saturated rings. The molecule has 0 aliphatic rings. The van der Waals surface area contributed by atoms with Gasteiger partial charge >= 0.3 is 0 Å². The van der Waals surface area contributed by atoms with Crippen LogP contribution in [0.15, 0.2) is 54.6 Å². The van der Waals surface area contributed by atoms with Crippen LogP contribution in [0, 0.1) is 13.8 Å². The molecule has 2 aromatic carbocycles. The molecular formula is C25H30N2O2. The smallest absolute Gasteiger partial charge is 0.127 e. The molecule has 0 spiro atoms. The van der Waals surface area contributed by atoms with Crippen molar-refractivity contribution in [2.75, 3.05) is 18.5 Å². The molecule has 0 saturated heterocycles. The summed E-state index contributed by atoms with van der Waals surface area (Å²) in [6, 6.07) is 18.0. The van der Waals surface area contributed by atoms with Crippen molar-refractivity contribution in [3.63, 3.8) is 0 Å². The first-order chi connectivity index (χ1) is 13.9. The number of aryl methyl sites for hydroxylation is 2. The Morgan fingerprint density at radius 1 is 1.00 bits per heavy atom. The average molecular weight is 391 g/mol. The maximum absolute atomic E-state index is 10.4.